The van der Waals surface area contributed by atoms with Crippen molar-refractivity contribution in [3.63, 3.8) is 0 Å². The molecule has 1 aliphatic rings. The Hall–Kier alpha value is -0.0400. The first-order chi connectivity index (χ1) is 7.77. The van der Waals surface area contributed by atoms with Crippen LogP contribution in [-0.2, 0) is 0 Å². The van der Waals surface area contributed by atoms with Crippen molar-refractivity contribution in [2.24, 2.45) is 17.8 Å². The molecule has 1 N–H and O–H groups in total. The van der Waals surface area contributed by atoms with E-state index >= 15 is 0 Å². The van der Waals surface area contributed by atoms with Gasteiger partial charge in [0.2, 0.25) is 0 Å². The monoisotopic (exact) mass is 225 g/mol. The molecule has 1 nitrogen and oxygen atoms in total. The Bertz CT molecular complexity index is 167. The zero-order valence-corrected chi connectivity index (χ0v) is 11.6. The number of hydrogen-bond donors (Lipinski definition) is 1. The molecule has 1 aliphatic heterocycles. The molecule has 16 heavy (non-hydrogen) atoms. The van der Waals surface area contributed by atoms with Gasteiger partial charge in [-0.3, -0.25) is 0 Å². The fraction of sp³-hybridized carbons (Fsp3) is 1.00. The van der Waals surface area contributed by atoms with Crippen molar-refractivity contribution >= 4 is 0 Å². The smallest absolute Gasteiger partial charge is 0.00180 e. The average molecular weight is 225 g/mol. The molecule has 1 saturated heterocycles. The number of rotatable bonds is 7. The van der Waals surface area contributed by atoms with Crippen molar-refractivity contribution in [3.8, 4) is 0 Å². The molecule has 0 bridgehead atoms. The molecule has 1 rings (SSSR count). The third-order valence-corrected chi connectivity index (χ3v) is 4.48. The predicted octanol–water partition coefficient (Wildman–Crippen LogP) is 4.23. The van der Waals surface area contributed by atoms with Crippen LogP contribution in [0.1, 0.15) is 65.7 Å². The molecule has 0 saturated carbocycles. The quantitative estimate of drug-likeness (QED) is 0.684. The minimum atomic E-state index is 0.949. The Morgan fingerprint density at radius 1 is 1.25 bits per heavy atom. The van der Waals surface area contributed by atoms with E-state index in [1.165, 1.54) is 58.0 Å². The first-order valence-electron chi connectivity index (χ1n) is 7.48. The molecule has 96 valence electrons. The molecule has 0 aromatic rings. The first kappa shape index (κ1) is 14.0. The van der Waals surface area contributed by atoms with Gasteiger partial charge in [0.15, 0.2) is 0 Å². The van der Waals surface area contributed by atoms with Crippen molar-refractivity contribution in [1.82, 2.24) is 5.32 Å². The fourth-order valence-corrected chi connectivity index (χ4v) is 2.94. The van der Waals surface area contributed by atoms with E-state index < -0.39 is 0 Å². The van der Waals surface area contributed by atoms with Crippen LogP contribution in [0.4, 0.5) is 0 Å². The highest BCUT2D eigenvalue weighted by molar-refractivity contribution is 4.76. The van der Waals surface area contributed by atoms with Crippen molar-refractivity contribution in [2.75, 3.05) is 13.1 Å². The fourth-order valence-electron chi connectivity index (χ4n) is 2.94. The lowest BCUT2D eigenvalue weighted by molar-refractivity contribution is 0.237. The van der Waals surface area contributed by atoms with Gasteiger partial charge in [0.05, 0.1) is 0 Å². The average Bonchev–Trinajstić information content (AvgIpc) is 2.31. The van der Waals surface area contributed by atoms with Gasteiger partial charge in [-0.05, 0) is 43.7 Å². The SMILES string of the molecule is CCCCC(CC)CCC1CNCCC1C. The highest BCUT2D eigenvalue weighted by Gasteiger charge is 2.21. The molecule has 0 spiro atoms. The summed E-state index contributed by atoms with van der Waals surface area (Å²) in [6, 6.07) is 0. The third kappa shape index (κ3) is 4.86. The van der Waals surface area contributed by atoms with E-state index in [1.54, 1.807) is 0 Å². The van der Waals surface area contributed by atoms with Crippen LogP contribution in [-0.4, -0.2) is 13.1 Å². The molecular weight excluding hydrogens is 194 g/mol. The molecule has 3 atom stereocenters. The normalized spacial score (nSPS) is 27.9. The summed E-state index contributed by atoms with van der Waals surface area (Å²) in [6.45, 7) is 9.62. The molecular formula is C15H31N. The standard InChI is InChI=1S/C15H31N/c1-4-6-7-14(5-2)8-9-15-12-16-11-10-13(15)3/h13-16H,4-12H2,1-3H3. The van der Waals surface area contributed by atoms with Crippen LogP contribution < -0.4 is 5.32 Å². The summed E-state index contributed by atoms with van der Waals surface area (Å²) >= 11 is 0. The van der Waals surface area contributed by atoms with Crippen LogP contribution in [0.5, 0.6) is 0 Å². The van der Waals surface area contributed by atoms with Crippen LogP contribution in [0, 0.1) is 17.8 Å². The maximum absolute atomic E-state index is 3.55. The number of hydrogen-bond acceptors (Lipinski definition) is 1. The minimum Gasteiger partial charge on any atom is -0.316 e. The third-order valence-electron chi connectivity index (χ3n) is 4.48. The molecule has 1 heterocycles. The van der Waals surface area contributed by atoms with Crippen molar-refractivity contribution < 1.29 is 0 Å². The number of nitrogens with one attached hydrogen (secondary N) is 1. The molecule has 0 aromatic heterocycles. The predicted molar refractivity (Wildman–Crippen MR) is 72.7 cm³/mol. The van der Waals surface area contributed by atoms with Gasteiger partial charge < -0.3 is 5.32 Å². The molecule has 1 heteroatoms. The second kappa shape index (κ2) is 8.11. The highest BCUT2D eigenvalue weighted by Crippen LogP contribution is 2.27. The summed E-state index contributed by atoms with van der Waals surface area (Å²) in [7, 11) is 0. The second-order valence-electron chi connectivity index (χ2n) is 5.72. The zero-order valence-electron chi connectivity index (χ0n) is 11.6. The summed E-state index contributed by atoms with van der Waals surface area (Å²) in [4.78, 5) is 0. The van der Waals surface area contributed by atoms with Gasteiger partial charge in [-0.1, -0.05) is 52.9 Å². The zero-order chi connectivity index (χ0) is 11.8. The maximum Gasteiger partial charge on any atom is -0.00180 e. The number of piperidine rings is 1. The van der Waals surface area contributed by atoms with E-state index in [9.17, 15) is 0 Å². The van der Waals surface area contributed by atoms with E-state index in [4.69, 9.17) is 0 Å². The van der Waals surface area contributed by atoms with Crippen LogP contribution in [0.3, 0.4) is 0 Å². The van der Waals surface area contributed by atoms with Gasteiger partial charge in [0, 0.05) is 0 Å². The molecule has 0 aliphatic carbocycles. The maximum atomic E-state index is 3.55. The summed E-state index contributed by atoms with van der Waals surface area (Å²) in [6.07, 6.45) is 9.94. The summed E-state index contributed by atoms with van der Waals surface area (Å²) < 4.78 is 0. The van der Waals surface area contributed by atoms with E-state index in [2.05, 4.69) is 26.1 Å². The van der Waals surface area contributed by atoms with E-state index in [0.29, 0.717) is 0 Å². The lowest BCUT2D eigenvalue weighted by Crippen LogP contribution is -2.35. The first-order valence-corrected chi connectivity index (χ1v) is 7.48. The van der Waals surface area contributed by atoms with Gasteiger partial charge in [0.25, 0.3) is 0 Å². The van der Waals surface area contributed by atoms with Crippen molar-refractivity contribution in [1.29, 1.82) is 0 Å². The van der Waals surface area contributed by atoms with Gasteiger partial charge in [-0.25, -0.2) is 0 Å². The minimum absolute atomic E-state index is 0.949. The molecule has 1 fully saturated rings. The Kier molecular flexibility index (Phi) is 7.11. The Labute approximate surface area is 102 Å². The molecule has 0 amide bonds. The van der Waals surface area contributed by atoms with Gasteiger partial charge in [-0.2, -0.15) is 0 Å². The molecule has 3 unspecified atom stereocenters. The second-order valence-corrected chi connectivity index (χ2v) is 5.72. The lowest BCUT2D eigenvalue weighted by Gasteiger charge is -2.30. The highest BCUT2D eigenvalue weighted by atomic mass is 14.9. The largest absolute Gasteiger partial charge is 0.316 e. The van der Waals surface area contributed by atoms with Gasteiger partial charge >= 0.3 is 0 Å². The lowest BCUT2D eigenvalue weighted by atomic mass is 9.81. The van der Waals surface area contributed by atoms with E-state index in [0.717, 1.165) is 17.8 Å². The molecule has 0 radical (unpaired) electrons. The van der Waals surface area contributed by atoms with Crippen molar-refractivity contribution in [3.05, 3.63) is 0 Å². The van der Waals surface area contributed by atoms with Crippen LogP contribution in [0.25, 0.3) is 0 Å². The van der Waals surface area contributed by atoms with E-state index in [1.807, 2.05) is 0 Å². The Balaban J connectivity index is 2.19. The van der Waals surface area contributed by atoms with Crippen LogP contribution in [0.15, 0.2) is 0 Å². The van der Waals surface area contributed by atoms with E-state index in [-0.39, 0.29) is 0 Å². The van der Waals surface area contributed by atoms with Gasteiger partial charge in [-0.15, -0.1) is 0 Å². The summed E-state index contributed by atoms with van der Waals surface area (Å²) in [5.74, 6) is 2.89. The van der Waals surface area contributed by atoms with Crippen LogP contribution >= 0.6 is 0 Å². The summed E-state index contributed by atoms with van der Waals surface area (Å²) in [5.41, 5.74) is 0. The topological polar surface area (TPSA) is 12.0 Å². The Morgan fingerprint density at radius 3 is 2.69 bits per heavy atom. The summed E-state index contributed by atoms with van der Waals surface area (Å²) in [5, 5.41) is 3.55. The van der Waals surface area contributed by atoms with Crippen molar-refractivity contribution in [2.45, 2.75) is 65.7 Å². The molecule has 0 aromatic carbocycles. The van der Waals surface area contributed by atoms with Gasteiger partial charge in [0.1, 0.15) is 0 Å². The number of unbranched alkanes of at least 4 members (excludes halogenated alkanes) is 1. The van der Waals surface area contributed by atoms with Crippen LogP contribution in [0.2, 0.25) is 0 Å². The Morgan fingerprint density at radius 2 is 2.06 bits per heavy atom.